The minimum absolute atomic E-state index is 0.205. The molecule has 0 spiro atoms. The highest BCUT2D eigenvalue weighted by Crippen LogP contribution is 2.27. The van der Waals surface area contributed by atoms with Crippen molar-refractivity contribution < 1.29 is 14.1 Å². The molecule has 1 N–H and O–H groups in total. The molecule has 1 saturated heterocycles. The highest BCUT2D eigenvalue weighted by atomic mass is 16.5. The maximum absolute atomic E-state index is 12.8. The molecule has 8 heteroatoms. The number of carbonyl (C=O) groups is 1. The number of rotatable bonds is 7. The van der Waals surface area contributed by atoms with Crippen LogP contribution >= 0.6 is 0 Å². The zero-order chi connectivity index (χ0) is 20.1. The molecule has 1 fully saturated rings. The molecule has 1 atom stereocenters. The molecule has 0 radical (unpaired) electrons. The third kappa shape index (κ3) is 4.55. The second-order valence-electron chi connectivity index (χ2n) is 7.17. The lowest BCUT2D eigenvalue weighted by molar-refractivity contribution is -0.126. The van der Waals surface area contributed by atoms with Gasteiger partial charge < -0.3 is 14.6 Å². The summed E-state index contributed by atoms with van der Waals surface area (Å²) >= 11 is 0. The zero-order valence-corrected chi connectivity index (χ0v) is 16.4. The van der Waals surface area contributed by atoms with Gasteiger partial charge in [-0.2, -0.15) is 5.10 Å². The topological polar surface area (TPSA) is 85.4 Å². The molecule has 3 aromatic rings. The first-order valence-electron chi connectivity index (χ1n) is 9.78. The van der Waals surface area contributed by atoms with Gasteiger partial charge in [0.05, 0.1) is 17.9 Å². The molecule has 0 bridgehead atoms. The number of ether oxygens (including phenoxy) is 1. The van der Waals surface area contributed by atoms with Crippen molar-refractivity contribution in [3.63, 3.8) is 0 Å². The van der Waals surface area contributed by atoms with Crippen molar-refractivity contribution in [2.45, 2.75) is 31.5 Å². The lowest BCUT2D eigenvalue weighted by atomic mass is 10.0. The molecule has 0 unspecified atom stereocenters. The van der Waals surface area contributed by atoms with Gasteiger partial charge in [-0.3, -0.25) is 9.69 Å². The number of nitrogens with zero attached hydrogens (tertiary/aromatic N) is 4. The number of benzene rings is 1. The Hall–Kier alpha value is -2.97. The van der Waals surface area contributed by atoms with Crippen molar-refractivity contribution in [2.24, 2.45) is 0 Å². The summed E-state index contributed by atoms with van der Waals surface area (Å²) in [6.45, 7) is 2.67. The summed E-state index contributed by atoms with van der Waals surface area (Å²) in [5.41, 5.74) is 1.77. The SMILES string of the molecule is CO[C@@H](C(=O)Nc1ccnn1C1CCN(Cc2ccon2)CC1)c1ccccc1. The number of aromatic nitrogens is 3. The predicted octanol–water partition coefficient (Wildman–Crippen LogP) is 3.03. The van der Waals surface area contributed by atoms with E-state index < -0.39 is 6.10 Å². The largest absolute Gasteiger partial charge is 0.367 e. The summed E-state index contributed by atoms with van der Waals surface area (Å²) in [7, 11) is 1.54. The van der Waals surface area contributed by atoms with E-state index in [2.05, 4.69) is 20.5 Å². The maximum Gasteiger partial charge on any atom is 0.259 e. The van der Waals surface area contributed by atoms with Crippen LogP contribution < -0.4 is 5.32 Å². The Labute approximate surface area is 169 Å². The molecular weight excluding hydrogens is 370 g/mol. The summed E-state index contributed by atoms with van der Waals surface area (Å²) in [5.74, 6) is 0.492. The Kier molecular flexibility index (Phi) is 6.02. The van der Waals surface area contributed by atoms with E-state index in [0.717, 1.165) is 43.7 Å². The van der Waals surface area contributed by atoms with Crippen LogP contribution in [0.25, 0.3) is 0 Å². The predicted molar refractivity (Wildman–Crippen MR) is 107 cm³/mol. The molecular formula is C21H25N5O3. The number of carbonyl (C=O) groups excluding carboxylic acids is 1. The van der Waals surface area contributed by atoms with Crippen LogP contribution in [0.3, 0.4) is 0 Å². The summed E-state index contributed by atoms with van der Waals surface area (Å²) in [4.78, 5) is 15.2. The second-order valence-corrected chi connectivity index (χ2v) is 7.17. The Balaban J connectivity index is 1.38. The number of hydrogen-bond acceptors (Lipinski definition) is 6. The van der Waals surface area contributed by atoms with Crippen LogP contribution in [0.2, 0.25) is 0 Å². The molecule has 1 amide bonds. The first kappa shape index (κ1) is 19.4. The maximum atomic E-state index is 12.8. The molecule has 1 aromatic carbocycles. The first-order valence-corrected chi connectivity index (χ1v) is 9.78. The van der Waals surface area contributed by atoms with Crippen molar-refractivity contribution >= 4 is 11.7 Å². The van der Waals surface area contributed by atoms with Crippen molar-refractivity contribution in [1.29, 1.82) is 0 Å². The van der Waals surface area contributed by atoms with Gasteiger partial charge in [-0.15, -0.1) is 0 Å². The van der Waals surface area contributed by atoms with Gasteiger partial charge in [0.1, 0.15) is 12.1 Å². The van der Waals surface area contributed by atoms with Crippen LogP contribution in [0.1, 0.15) is 36.2 Å². The van der Waals surface area contributed by atoms with Gasteiger partial charge in [0.25, 0.3) is 5.91 Å². The van der Waals surface area contributed by atoms with E-state index in [1.165, 1.54) is 0 Å². The molecule has 152 valence electrons. The molecule has 0 saturated carbocycles. The molecule has 8 nitrogen and oxygen atoms in total. The Morgan fingerprint density at radius 1 is 1.24 bits per heavy atom. The van der Waals surface area contributed by atoms with Crippen LogP contribution in [0, 0.1) is 0 Å². The number of likely N-dealkylation sites (tertiary alicyclic amines) is 1. The van der Waals surface area contributed by atoms with Crippen LogP contribution in [0.5, 0.6) is 0 Å². The van der Waals surface area contributed by atoms with Crippen LogP contribution in [-0.4, -0.2) is 45.9 Å². The minimum atomic E-state index is -0.663. The average Bonchev–Trinajstić information content (AvgIpc) is 3.42. The van der Waals surface area contributed by atoms with Gasteiger partial charge >= 0.3 is 0 Å². The van der Waals surface area contributed by atoms with Crippen molar-refractivity contribution in [1.82, 2.24) is 19.8 Å². The quantitative estimate of drug-likeness (QED) is 0.662. The van der Waals surface area contributed by atoms with E-state index in [0.29, 0.717) is 5.82 Å². The number of piperidine rings is 1. The normalized spacial score (nSPS) is 16.6. The fraction of sp³-hybridized carbons (Fsp3) is 0.381. The first-order chi connectivity index (χ1) is 14.2. The summed E-state index contributed by atoms with van der Waals surface area (Å²) in [5, 5.41) is 11.4. The Morgan fingerprint density at radius 2 is 2.03 bits per heavy atom. The standard InChI is InChI=1S/C21H25N5O3/c1-28-20(16-5-3-2-4-6-16)21(27)23-19-7-11-22-26(19)18-8-12-25(13-9-18)15-17-10-14-29-24-17/h2-7,10-11,14,18,20H,8-9,12-13,15H2,1H3,(H,23,27)/t20-/m1/s1. The monoisotopic (exact) mass is 395 g/mol. The molecule has 3 heterocycles. The van der Waals surface area contributed by atoms with Crippen molar-refractivity contribution in [3.8, 4) is 0 Å². The van der Waals surface area contributed by atoms with Gasteiger partial charge in [-0.05, 0) is 18.4 Å². The minimum Gasteiger partial charge on any atom is -0.367 e. The van der Waals surface area contributed by atoms with E-state index in [1.54, 1.807) is 19.6 Å². The van der Waals surface area contributed by atoms with Crippen molar-refractivity contribution in [2.75, 3.05) is 25.5 Å². The van der Waals surface area contributed by atoms with Gasteiger partial charge in [0, 0.05) is 38.9 Å². The Morgan fingerprint density at radius 3 is 2.72 bits per heavy atom. The van der Waals surface area contributed by atoms with Gasteiger partial charge in [0.2, 0.25) is 0 Å². The highest BCUT2D eigenvalue weighted by Gasteiger charge is 2.25. The van der Waals surface area contributed by atoms with E-state index in [-0.39, 0.29) is 11.9 Å². The van der Waals surface area contributed by atoms with E-state index in [4.69, 9.17) is 9.26 Å². The van der Waals surface area contributed by atoms with Gasteiger partial charge in [-0.25, -0.2) is 4.68 Å². The molecule has 2 aromatic heterocycles. The molecule has 1 aliphatic heterocycles. The summed E-state index contributed by atoms with van der Waals surface area (Å²) in [6.07, 6.45) is 4.57. The zero-order valence-electron chi connectivity index (χ0n) is 16.4. The smallest absolute Gasteiger partial charge is 0.259 e. The number of nitrogens with one attached hydrogen (secondary N) is 1. The fourth-order valence-corrected chi connectivity index (χ4v) is 3.79. The number of amides is 1. The van der Waals surface area contributed by atoms with Crippen LogP contribution in [-0.2, 0) is 16.1 Å². The molecule has 1 aliphatic rings. The third-order valence-electron chi connectivity index (χ3n) is 5.28. The highest BCUT2D eigenvalue weighted by molar-refractivity contribution is 5.94. The van der Waals surface area contributed by atoms with Crippen molar-refractivity contribution in [3.05, 3.63) is 66.2 Å². The Bertz CT molecular complexity index is 902. The molecule has 4 rings (SSSR count). The fourth-order valence-electron chi connectivity index (χ4n) is 3.79. The lowest BCUT2D eigenvalue weighted by Crippen LogP contribution is -2.35. The number of methoxy groups -OCH3 is 1. The number of anilines is 1. The van der Waals surface area contributed by atoms with Crippen LogP contribution in [0.15, 0.2) is 59.4 Å². The second kappa shape index (κ2) is 9.02. The van der Waals surface area contributed by atoms with E-state index >= 15 is 0 Å². The lowest BCUT2D eigenvalue weighted by Gasteiger charge is -2.32. The average molecular weight is 395 g/mol. The van der Waals surface area contributed by atoms with Gasteiger partial charge in [0.15, 0.2) is 6.10 Å². The molecule has 29 heavy (non-hydrogen) atoms. The summed E-state index contributed by atoms with van der Waals surface area (Å²) < 4.78 is 12.3. The van der Waals surface area contributed by atoms with E-state index in [9.17, 15) is 4.79 Å². The van der Waals surface area contributed by atoms with Crippen LogP contribution in [0.4, 0.5) is 5.82 Å². The number of hydrogen-bond donors (Lipinski definition) is 1. The summed E-state index contributed by atoms with van der Waals surface area (Å²) in [6, 6.07) is 13.4. The third-order valence-corrected chi connectivity index (χ3v) is 5.28. The van der Waals surface area contributed by atoms with Gasteiger partial charge in [-0.1, -0.05) is 35.5 Å². The molecule has 0 aliphatic carbocycles. The van der Waals surface area contributed by atoms with E-state index in [1.807, 2.05) is 47.1 Å².